The van der Waals surface area contributed by atoms with Crippen molar-refractivity contribution in [2.24, 2.45) is 0 Å². The lowest BCUT2D eigenvalue weighted by molar-refractivity contribution is 0.0764. The molecule has 2 aromatic heterocycles. The Kier molecular flexibility index (Phi) is 6.20. The average molecular weight is 405 g/mol. The van der Waals surface area contributed by atoms with Crippen molar-refractivity contribution in [2.45, 2.75) is 45.2 Å². The molecule has 1 N–H and O–H groups in total. The zero-order valence-electron chi connectivity index (χ0n) is 15.9. The first-order valence-electron chi connectivity index (χ1n) is 9.97. The summed E-state index contributed by atoms with van der Waals surface area (Å²) in [5, 5.41) is 10.6. The highest BCUT2D eigenvalue weighted by Crippen LogP contribution is 2.26. The Balaban J connectivity index is 1.45. The van der Waals surface area contributed by atoms with Gasteiger partial charge in [-0.1, -0.05) is 6.07 Å². The number of aryl methyl sites for hydroxylation is 1. The lowest BCUT2D eigenvalue weighted by atomic mass is 9.91. The van der Waals surface area contributed by atoms with Gasteiger partial charge in [0.2, 0.25) is 0 Å². The minimum absolute atomic E-state index is 0.137. The number of amides is 1. The van der Waals surface area contributed by atoms with Gasteiger partial charge in [-0.25, -0.2) is 0 Å². The summed E-state index contributed by atoms with van der Waals surface area (Å²) in [6.07, 6.45) is 4.13. The summed E-state index contributed by atoms with van der Waals surface area (Å²) in [4.78, 5) is 16.5. The van der Waals surface area contributed by atoms with Crippen LogP contribution in [0, 0.1) is 0 Å². The van der Waals surface area contributed by atoms with Gasteiger partial charge in [0.25, 0.3) is 5.91 Å². The molecule has 7 heteroatoms. The molecule has 1 fully saturated rings. The van der Waals surface area contributed by atoms with E-state index in [1.54, 1.807) is 0 Å². The summed E-state index contributed by atoms with van der Waals surface area (Å²) < 4.78 is 2.06. The van der Waals surface area contributed by atoms with Crippen LogP contribution in [0.2, 0.25) is 0 Å². The van der Waals surface area contributed by atoms with Crippen LogP contribution in [0.1, 0.15) is 40.0 Å². The number of carbonyl (C=O) groups excluding carboxylic acids is 1. The van der Waals surface area contributed by atoms with Gasteiger partial charge in [-0.2, -0.15) is 16.9 Å². The molecule has 2 aromatic rings. The molecule has 0 saturated carbocycles. The number of nitrogens with one attached hydrogen (secondary N) is 1. The van der Waals surface area contributed by atoms with Gasteiger partial charge in [-0.05, 0) is 44.1 Å². The highest BCUT2D eigenvalue weighted by atomic mass is 32.2. The van der Waals surface area contributed by atoms with Gasteiger partial charge in [0.15, 0.2) is 5.69 Å². The standard InChI is InChI=1S/C20H28N4OS2/c1-2-24-18-6-5-15(21-8-7-16-4-3-11-27-16)14-17(18)19(22-24)20(25)23-9-12-26-13-10-23/h3-4,11,15,21H,2,5-10,12-14H2,1H3. The van der Waals surface area contributed by atoms with Gasteiger partial charge in [0.05, 0.1) is 0 Å². The monoisotopic (exact) mass is 404 g/mol. The van der Waals surface area contributed by atoms with Crippen LogP contribution in [0.15, 0.2) is 17.5 Å². The molecule has 27 heavy (non-hydrogen) atoms. The molecule has 1 atom stereocenters. The topological polar surface area (TPSA) is 50.2 Å². The van der Waals surface area contributed by atoms with Gasteiger partial charge < -0.3 is 10.2 Å². The number of aromatic nitrogens is 2. The number of carbonyl (C=O) groups is 1. The van der Waals surface area contributed by atoms with Crippen LogP contribution in [-0.4, -0.2) is 57.8 Å². The van der Waals surface area contributed by atoms with Crippen molar-refractivity contribution in [2.75, 3.05) is 31.1 Å². The Morgan fingerprint density at radius 3 is 2.96 bits per heavy atom. The maximum Gasteiger partial charge on any atom is 0.274 e. The van der Waals surface area contributed by atoms with Crippen LogP contribution >= 0.6 is 23.1 Å². The Labute approximate surface area is 169 Å². The Morgan fingerprint density at radius 1 is 1.37 bits per heavy atom. The van der Waals surface area contributed by atoms with Gasteiger partial charge >= 0.3 is 0 Å². The van der Waals surface area contributed by atoms with E-state index in [4.69, 9.17) is 5.10 Å². The van der Waals surface area contributed by atoms with E-state index in [2.05, 4.69) is 34.4 Å². The van der Waals surface area contributed by atoms with Crippen LogP contribution in [-0.2, 0) is 25.8 Å². The van der Waals surface area contributed by atoms with Gasteiger partial charge in [0.1, 0.15) is 0 Å². The largest absolute Gasteiger partial charge is 0.336 e. The molecule has 0 bridgehead atoms. The average Bonchev–Trinajstić information content (AvgIpc) is 3.35. The van der Waals surface area contributed by atoms with Crippen molar-refractivity contribution in [3.8, 4) is 0 Å². The van der Waals surface area contributed by atoms with E-state index in [0.717, 1.165) is 63.4 Å². The third-order valence-electron chi connectivity index (χ3n) is 5.53. The molecule has 3 heterocycles. The second-order valence-electron chi connectivity index (χ2n) is 7.22. The number of nitrogens with zero attached hydrogens (tertiary/aromatic N) is 3. The minimum atomic E-state index is 0.137. The van der Waals surface area contributed by atoms with E-state index in [0.29, 0.717) is 11.7 Å². The molecule has 0 aromatic carbocycles. The Morgan fingerprint density at radius 2 is 2.22 bits per heavy atom. The number of hydrogen-bond donors (Lipinski definition) is 1. The molecule has 1 aliphatic carbocycles. The molecule has 0 spiro atoms. The quantitative estimate of drug-likeness (QED) is 0.804. The SMILES string of the molecule is CCn1nc(C(=O)N2CCSCC2)c2c1CCC(NCCc1cccs1)C2. The van der Waals surface area contributed by atoms with E-state index in [9.17, 15) is 4.79 Å². The number of thiophene rings is 1. The van der Waals surface area contributed by atoms with Crippen LogP contribution in [0.4, 0.5) is 0 Å². The van der Waals surface area contributed by atoms with Crippen molar-refractivity contribution < 1.29 is 4.79 Å². The van der Waals surface area contributed by atoms with E-state index < -0.39 is 0 Å². The number of thioether (sulfide) groups is 1. The van der Waals surface area contributed by atoms with Gasteiger partial charge in [-0.15, -0.1) is 11.3 Å². The summed E-state index contributed by atoms with van der Waals surface area (Å²) in [5.74, 6) is 2.21. The molecule has 1 unspecified atom stereocenters. The molecule has 2 aliphatic rings. The molecule has 0 radical (unpaired) electrons. The molecule has 1 amide bonds. The van der Waals surface area contributed by atoms with Crippen LogP contribution in [0.5, 0.6) is 0 Å². The fourth-order valence-electron chi connectivity index (χ4n) is 4.07. The van der Waals surface area contributed by atoms with E-state index in [1.807, 2.05) is 28.0 Å². The fourth-order valence-corrected chi connectivity index (χ4v) is 5.68. The van der Waals surface area contributed by atoms with Crippen LogP contribution in [0.3, 0.4) is 0 Å². The number of hydrogen-bond acceptors (Lipinski definition) is 5. The molecule has 146 valence electrons. The molecule has 1 aliphatic heterocycles. The van der Waals surface area contributed by atoms with Crippen molar-refractivity contribution in [3.05, 3.63) is 39.3 Å². The predicted molar refractivity (Wildman–Crippen MR) is 113 cm³/mol. The lowest BCUT2D eigenvalue weighted by Crippen LogP contribution is -2.40. The fraction of sp³-hybridized carbons (Fsp3) is 0.600. The third kappa shape index (κ3) is 4.25. The maximum atomic E-state index is 13.1. The van der Waals surface area contributed by atoms with Crippen molar-refractivity contribution in [1.29, 1.82) is 0 Å². The first kappa shape index (κ1) is 19.0. The zero-order valence-corrected chi connectivity index (χ0v) is 17.6. The van der Waals surface area contributed by atoms with Crippen molar-refractivity contribution in [1.82, 2.24) is 20.0 Å². The van der Waals surface area contributed by atoms with E-state index in [-0.39, 0.29) is 5.91 Å². The number of fused-ring (bicyclic) bond motifs is 1. The Bertz CT molecular complexity index is 765. The molecular formula is C20H28N4OS2. The molecule has 1 saturated heterocycles. The van der Waals surface area contributed by atoms with Gasteiger partial charge in [-0.3, -0.25) is 9.48 Å². The summed E-state index contributed by atoms with van der Waals surface area (Å²) in [6.45, 7) is 5.64. The maximum absolute atomic E-state index is 13.1. The van der Waals surface area contributed by atoms with E-state index in [1.165, 1.54) is 16.1 Å². The second kappa shape index (κ2) is 8.80. The first-order chi connectivity index (χ1) is 13.3. The first-order valence-corrected chi connectivity index (χ1v) is 12.0. The van der Waals surface area contributed by atoms with Crippen LogP contribution in [0.25, 0.3) is 0 Å². The summed E-state index contributed by atoms with van der Waals surface area (Å²) in [6, 6.07) is 4.75. The summed E-state index contributed by atoms with van der Waals surface area (Å²) in [7, 11) is 0. The normalized spacial score (nSPS) is 19.9. The smallest absolute Gasteiger partial charge is 0.274 e. The minimum Gasteiger partial charge on any atom is -0.336 e. The van der Waals surface area contributed by atoms with Crippen LogP contribution < -0.4 is 5.32 Å². The summed E-state index contributed by atoms with van der Waals surface area (Å²) >= 11 is 3.75. The second-order valence-corrected chi connectivity index (χ2v) is 9.47. The van der Waals surface area contributed by atoms with Crippen molar-refractivity contribution in [3.63, 3.8) is 0 Å². The predicted octanol–water partition coefficient (Wildman–Crippen LogP) is 2.84. The molecule has 4 rings (SSSR count). The van der Waals surface area contributed by atoms with E-state index >= 15 is 0 Å². The van der Waals surface area contributed by atoms with Crippen molar-refractivity contribution >= 4 is 29.0 Å². The van der Waals surface area contributed by atoms with Gasteiger partial charge in [0, 0.05) is 59.9 Å². The Hall–Kier alpha value is -1.31. The zero-order chi connectivity index (χ0) is 18.6. The molecule has 5 nitrogen and oxygen atoms in total. The highest BCUT2D eigenvalue weighted by Gasteiger charge is 2.31. The summed E-state index contributed by atoms with van der Waals surface area (Å²) in [5.41, 5.74) is 3.19. The molecular weight excluding hydrogens is 376 g/mol. The highest BCUT2D eigenvalue weighted by molar-refractivity contribution is 7.99. The number of rotatable bonds is 6. The third-order valence-corrected chi connectivity index (χ3v) is 7.41. The lowest BCUT2D eigenvalue weighted by Gasteiger charge is -2.27.